The maximum Gasteiger partial charge on any atom is 0.332 e. The van der Waals surface area contributed by atoms with Crippen LogP contribution in [-0.4, -0.2) is 48.0 Å². The van der Waals surface area contributed by atoms with Crippen molar-refractivity contribution < 1.29 is 23.9 Å². The molecule has 2 N–H and O–H groups in total. The number of imide groups is 1. The van der Waals surface area contributed by atoms with Gasteiger partial charge in [-0.25, -0.2) is 9.69 Å². The molecule has 4 aromatic carbocycles. The lowest BCUT2D eigenvalue weighted by atomic mass is 9.89. The second-order valence-corrected chi connectivity index (χ2v) is 10.9. The summed E-state index contributed by atoms with van der Waals surface area (Å²) >= 11 is 0. The molecule has 9 nitrogen and oxygen atoms in total. The minimum atomic E-state index is -0.739. The molecule has 220 valence electrons. The number of nitrogens with zero attached hydrogens (tertiary/aromatic N) is 2. The van der Waals surface area contributed by atoms with Crippen LogP contribution < -0.4 is 19.7 Å². The van der Waals surface area contributed by atoms with Crippen molar-refractivity contribution >= 4 is 34.4 Å². The predicted molar refractivity (Wildman–Crippen MR) is 166 cm³/mol. The summed E-state index contributed by atoms with van der Waals surface area (Å²) in [5.41, 5.74) is 5.07. The fraction of sp³-hybridized carbons (Fsp3) is 0.171. The molecule has 2 aliphatic rings. The van der Waals surface area contributed by atoms with Gasteiger partial charge in [0.15, 0.2) is 0 Å². The van der Waals surface area contributed by atoms with E-state index in [2.05, 4.69) is 10.3 Å². The number of fused-ring (bicyclic) bond motifs is 4. The van der Waals surface area contributed by atoms with Crippen LogP contribution in [-0.2, 0) is 17.8 Å². The third-order valence-electron chi connectivity index (χ3n) is 8.48. The molecule has 1 aromatic heterocycles. The molecule has 1 fully saturated rings. The summed E-state index contributed by atoms with van der Waals surface area (Å²) in [4.78, 5) is 48.4. The van der Waals surface area contributed by atoms with Gasteiger partial charge in [-0.15, -0.1) is 0 Å². The Labute approximate surface area is 254 Å². The number of hydrogen-bond acceptors (Lipinski definition) is 5. The molecule has 7 rings (SSSR count). The van der Waals surface area contributed by atoms with Gasteiger partial charge >= 0.3 is 6.03 Å². The number of aromatic nitrogens is 1. The van der Waals surface area contributed by atoms with Crippen molar-refractivity contribution in [2.45, 2.75) is 25.0 Å². The van der Waals surface area contributed by atoms with Crippen LogP contribution in [0.4, 0.5) is 10.5 Å². The van der Waals surface area contributed by atoms with E-state index in [-0.39, 0.29) is 29.6 Å². The minimum absolute atomic E-state index is 0.243. The average Bonchev–Trinajstić information content (AvgIpc) is 3.56. The highest BCUT2D eigenvalue weighted by Crippen LogP contribution is 2.45. The summed E-state index contributed by atoms with van der Waals surface area (Å²) in [5, 5.41) is 3.95. The van der Waals surface area contributed by atoms with Crippen LogP contribution >= 0.6 is 0 Å². The number of anilines is 1. The van der Waals surface area contributed by atoms with Gasteiger partial charge in [-0.3, -0.25) is 14.5 Å². The number of benzene rings is 4. The number of carbonyl (C=O) groups is 3. The smallest absolute Gasteiger partial charge is 0.332 e. The minimum Gasteiger partial charge on any atom is -0.497 e. The molecule has 0 radical (unpaired) electrons. The first kappa shape index (κ1) is 27.3. The second-order valence-electron chi connectivity index (χ2n) is 10.9. The number of amides is 4. The van der Waals surface area contributed by atoms with Gasteiger partial charge in [-0.2, -0.15) is 0 Å². The highest BCUT2D eigenvalue weighted by molar-refractivity contribution is 6.24. The quantitative estimate of drug-likeness (QED) is 0.242. The molecule has 1 saturated heterocycles. The predicted octanol–water partition coefficient (Wildman–Crippen LogP) is 5.60. The summed E-state index contributed by atoms with van der Waals surface area (Å²) in [6.07, 6.45) is 0.360. The van der Waals surface area contributed by atoms with E-state index < -0.39 is 18.1 Å². The Morgan fingerprint density at radius 2 is 1.52 bits per heavy atom. The Morgan fingerprint density at radius 3 is 2.25 bits per heavy atom. The van der Waals surface area contributed by atoms with Crippen LogP contribution in [0.3, 0.4) is 0 Å². The number of H-pyrrole nitrogens is 1. The number of methoxy groups -OCH3 is 2. The van der Waals surface area contributed by atoms with Gasteiger partial charge < -0.3 is 19.8 Å². The van der Waals surface area contributed by atoms with E-state index >= 15 is 0 Å². The molecule has 5 aromatic rings. The number of rotatable bonds is 7. The fourth-order valence-electron chi connectivity index (χ4n) is 6.31. The van der Waals surface area contributed by atoms with Gasteiger partial charge in [0.1, 0.15) is 23.6 Å². The molecule has 2 atom stereocenters. The molecule has 0 spiro atoms. The standard InChI is InChI=1S/C35H30N4O5/c1-43-23-15-11-21(12-16-23)20-36-33(40)26-8-4-6-10-29(26)39-34(41)30-19-27-25-7-3-5-9-28(25)37-31(27)32(38(30)35(39)42)22-13-17-24(44-2)18-14-22/h3-18,30,32,37H,19-20H2,1-2H3,(H,36,40)/t30-,32+/m0/s1. The molecule has 3 heterocycles. The monoisotopic (exact) mass is 586 g/mol. The topological polar surface area (TPSA) is 104 Å². The Kier molecular flexibility index (Phi) is 6.77. The SMILES string of the molecule is COc1ccc(CNC(=O)c2ccccc2N2C(=O)[C@@H]3Cc4c([nH]c5ccccc45)[C@@H](c4ccc(OC)cc4)N3C2=O)cc1. The fourth-order valence-corrected chi connectivity index (χ4v) is 6.31. The van der Waals surface area contributed by atoms with Crippen molar-refractivity contribution in [1.82, 2.24) is 15.2 Å². The van der Waals surface area contributed by atoms with Crippen molar-refractivity contribution in [3.05, 3.63) is 125 Å². The van der Waals surface area contributed by atoms with Crippen LogP contribution in [0.1, 0.15) is 38.8 Å². The Bertz CT molecular complexity index is 1900. The van der Waals surface area contributed by atoms with Gasteiger partial charge in [0, 0.05) is 29.6 Å². The molecule has 44 heavy (non-hydrogen) atoms. The van der Waals surface area contributed by atoms with Gasteiger partial charge in [-0.1, -0.05) is 54.6 Å². The van der Waals surface area contributed by atoms with E-state index in [1.807, 2.05) is 72.8 Å². The Hall–Kier alpha value is -5.57. The first-order valence-electron chi connectivity index (χ1n) is 14.4. The van der Waals surface area contributed by atoms with E-state index in [0.717, 1.165) is 43.9 Å². The lowest BCUT2D eigenvalue weighted by Crippen LogP contribution is -2.44. The zero-order chi connectivity index (χ0) is 30.4. The van der Waals surface area contributed by atoms with Crippen molar-refractivity contribution in [2.75, 3.05) is 19.1 Å². The third-order valence-corrected chi connectivity index (χ3v) is 8.48. The third kappa shape index (κ3) is 4.44. The van der Waals surface area contributed by atoms with E-state index in [0.29, 0.717) is 12.2 Å². The number of ether oxygens (including phenoxy) is 2. The zero-order valence-corrected chi connectivity index (χ0v) is 24.2. The van der Waals surface area contributed by atoms with Crippen LogP contribution in [0.15, 0.2) is 97.1 Å². The Morgan fingerprint density at radius 1 is 0.864 bits per heavy atom. The van der Waals surface area contributed by atoms with Crippen molar-refractivity contribution in [2.24, 2.45) is 0 Å². The van der Waals surface area contributed by atoms with Crippen molar-refractivity contribution in [1.29, 1.82) is 0 Å². The summed E-state index contributed by atoms with van der Waals surface area (Å²) in [7, 11) is 3.20. The molecular weight excluding hydrogens is 556 g/mol. The molecule has 0 aliphatic carbocycles. The first-order valence-corrected chi connectivity index (χ1v) is 14.4. The highest BCUT2D eigenvalue weighted by atomic mass is 16.5. The number of aromatic amines is 1. The molecule has 2 aliphatic heterocycles. The van der Waals surface area contributed by atoms with Gasteiger partial charge in [0.05, 0.1) is 25.5 Å². The second kappa shape index (κ2) is 10.9. The van der Waals surface area contributed by atoms with E-state index in [1.54, 1.807) is 43.4 Å². The number of hydrogen-bond donors (Lipinski definition) is 2. The summed E-state index contributed by atoms with van der Waals surface area (Å²) < 4.78 is 10.6. The first-order chi connectivity index (χ1) is 21.5. The maximum atomic E-state index is 14.3. The molecule has 0 bridgehead atoms. The maximum absolute atomic E-state index is 14.3. The average molecular weight is 587 g/mol. The summed E-state index contributed by atoms with van der Waals surface area (Å²) in [6.45, 7) is 0.273. The van der Waals surface area contributed by atoms with Crippen LogP contribution in [0.2, 0.25) is 0 Å². The summed E-state index contributed by atoms with van der Waals surface area (Å²) in [6, 6.07) is 27.9. The number of carbonyl (C=O) groups excluding carboxylic acids is 3. The van der Waals surface area contributed by atoms with E-state index in [1.165, 1.54) is 0 Å². The van der Waals surface area contributed by atoms with Gasteiger partial charge in [0.2, 0.25) is 0 Å². The molecular formula is C35H30N4O5. The van der Waals surface area contributed by atoms with E-state index in [4.69, 9.17) is 9.47 Å². The normalized spacial score (nSPS) is 17.4. The van der Waals surface area contributed by atoms with Crippen molar-refractivity contribution in [3.63, 3.8) is 0 Å². The Balaban J connectivity index is 1.25. The molecule has 0 saturated carbocycles. The van der Waals surface area contributed by atoms with Gasteiger partial charge in [-0.05, 0) is 59.2 Å². The van der Waals surface area contributed by atoms with Crippen LogP contribution in [0, 0.1) is 0 Å². The largest absolute Gasteiger partial charge is 0.497 e. The molecule has 0 unspecified atom stereocenters. The number of para-hydroxylation sites is 2. The number of nitrogens with one attached hydrogen (secondary N) is 2. The lowest BCUT2D eigenvalue weighted by Gasteiger charge is -2.36. The highest BCUT2D eigenvalue weighted by Gasteiger charge is 2.53. The molecule has 9 heteroatoms. The van der Waals surface area contributed by atoms with Gasteiger partial charge in [0.25, 0.3) is 11.8 Å². The lowest BCUT2D eigenvalue weighted by molar-refractivity contribution is -0.120. The van der Waals surface area contributed by atoms with Crippen LogP contribution in [0.25, 0.3) is 10.9 Å². The number of urea groups is 1. The van der Waals surface area contributed by atoms with Crippen molar-refractivity contribution in [3.8, 4) is 11.5 Å². The zero-order valence-electron chi connectivity index (χ0n) is 24.2. The summed E-state index contributed by atoms with van der Waals surface area (Å²) in [5.74, 6) is 0.669. The van der Waals surface area contributed by atoms with Crippen LogP contribution in [0.5, 0.6) is 11.5 Å². The van der Waals surface area contributed by atoms with E-state index in [9.17, 15) is 14.4 Å². The molecule has 4 amide bonds.